The summed E-state index contributed by atoms with van der Waals surface area (Å²) in [6.07, 6.45) is 1.67. The maximum absolute atomic E-state index is 12.9. The lowest BCUT2D eigenvalue weighted by Gasteiger charge is -2.33. The molecule has 2 aliphatic heterocycles. The van der Waals surface area contributed by atoms with Crippen LogP contribution < -0.4 is 5.32 Å². The van der Waals surface area contributed by atoms with Crippen molar-refractivity contribution in [3.8, 4) is 0 Å². The first kappa shape index (κ1) is 21.3. The highest BCUT2D eigenvalue weighted by Crippen LogP contribution is 2.25. The second-order valence-corrected chi connectivity index (χ2v) is 8.80. The van der Waals surface area contributed by atoms with Gasteiger partial charge in [-0.2, -0.15) is 0 Å². The van der Waals surface area contributed by atoms with Crippen molar-refractivity contribution in [3.05, 3.63) is 35.9 Å². The molecule has 6 nitrogen and oxygen atoms in total. The third kappa shape index (κ3) is 5.37. The summed E-state index contributed by atoms with van der Waals surface area (Å²) in [5.41, 5.74) is 1.08. The number of piperidine rings is 1. The third-order valence-electron chi connectivity index (χ3n) is 6.33. The molecule has 2 heterocycles. The van der Waals surface area contributed by atoms with Gasteiger partial charge in [-0.15, -0.1) is 0 Å². The lowest BCUT2D eigenvalue weighted by molar-refractivity contribution is -0.139. The van der Waals surface area contributed by atoms with Crippen molar-refractivity contribution in [2.75, 3.05) is 19.6 Å². The number of hydrogen-bond acceptors (Lipinski definition) is 3. The van der Waals surface area contributed by atoms with E-state index < -0.39 is 0 Å². The van der Waals surface area contributed by atoms with Gasteiger partial charge >= 0.3 is 0 Å². The average Bonchev–Trinajstić information content (AvgIpc) is 3.08. The second-order valence-electron chi connectivity index (χ2n) is 8.80. The molecule has 2 fully saturated rings. The summed E-state index contributed by atoms with van der Waals surface area (Å²) < 4.78 is 0. The molecule has 0 aliphatic carbocycles. The molecule has 1 aromatic rings. The first-order chi connectivity index (χ1) is 13.8. The maximum atomic E-state index is 12.9. The van der Waals surface area contributed by atoms with Gasteiger partial charge in [-0.1, -0.05) is 44.2 Å². The molecule has 2 unspecified atom stereocenters. The third-order valence-corrected chi connectivity index (χ3v) is 6.33. The lowest BCUT2D eigenvalue weighted by atomic mass is 9.93. The van der Waals surface area contributed by atoms with E-state index >= 15 is 0 Å². The Bertz CT molecular complexity index is 726. The Balaban J connectivity index is 1.48. The summed E-state index contributed by atoms with van der Waals surface area (Å²) in [4.78, 5) is 41.4. The van der Waals surface area contributed by atoms with Crippen LogP contribution in [0.4, 0.5) is 0 Å². The Labute approximate surface area is 173 Å². The van der Waals surface area contributed by atoms with Gasteiger partial charge in [0.25, 0.3) is 0 Å². The molecule has 158 valence electrons. The highest BCUT2D eigenvalue weighted by molar-refractivity contribution is 5.89. The van der Waals surface area contributed by atoms with Gasteiger partial charge in [-0.25, -0.2) is 0 Å². The number of likely N-dealkylation sites (tertiary alicyclic amines) is 2. The fourth-order valence-electron chi connectivity index (χ4n) is 4.02. The van der Waals surface area contributed by atoms with E-state index in [0.29, 0.717) is 44.9 Å². The molecular formula is C23H33N3O3. The monoisotopic (exact) mass is 399 g/mol. The molecule has 2 saturated heterocycles. The quantitative estimate of drug-likeness (QED) is 0.799. The minimum absolute atomic E-state index is 0.0277. The lowest BCUT2D eigenvalue weighted by Crippen LogP contribution is -2.47. The van der Waals surface area contributed by atoms with Crippen molar-refractivity contribution in [1.82, 2.24) is 15.1 Å². The number of rotatable bonds is 6. The number of carbonyl (C=O) groups is 3. The zero-order valence-corrected chi connectivity index (χ0v) is 17.8. The first-order valence-corrected chi connectivity index (χ1v) is 10.8. The van der Waals surface area contributed by atoms with Crippen molar-refractivity contribution in [1.29, 1.82) is 0 Å². The van der Waals surface area contributed by atoms with Crippen LogP contribution in [0.1, 0.15) is 45.6 Å². The van der Waals surface area contributed by atoms with Crippen molar-refractivity contribution in [3.63, 3.8) is 0 Å². The molecular weight excluding hydrogens is 366 g/mol. The summed E-state index contributed by atoms with van der Waals surface area (Å²) in [6, 6.07) is 10.0. The normalized spacial score (nSPS) is 21.5. The molecule has 0 spiro atoms. The van der Waals surface area contributed by atoms with Gasteiger partial charge in [0.1, 0.15) is 0 Å². The van der Waals surface area contributed by atoms with Gasteiger partial charge in [0.15, 0.2) is 0 Å². The van der Waals surface area contributed by atoms with E-state index in [-0.39, 0.29) is 42.0 Å². The zero-order valence-electron chi connectivity index (χ0n) is 17.8. The second kappa shape index (κ2) is 9.42. The van der Waals surface area contributed by atoms with Gasteiger partial charge in [0, 0.05) is 44.6 Å². The minimum Gasteiger partial charge on any atom is -0.353 e. The summed E-state index contributed by atoms with van der Waals surface area (Å²) >= 11 is 0. The zero-order chi connectivity index (χ0) is 21.0. The van der Waals surface area contributed by atoms with Gasteiger partial charge in [0.05, 0.1) is 5.92 Å². The van der Waals surface area contributed by atoms with Gasteiger partial charge < -0.3 is 15.1 Å². The fourth-order valence-corrected chi connectivity index (χ4v) is 4.02. The summed E-state index contributed by atoms with van der Waals surface area (Å²) in [5, 5.41) is 3.09. The molecule has 0 aromatic heterocycles. The van der Waals surface area contributed by atoms with Crippen molar-refractivity contribution in [2.45, 2.75) is 52.6 Å². The van der Waals surface area contributed by atoms with Gasteiger partial charge in [-0.05, 0) is 31.2 Å². The van der Waals surface area contributed by atoms with E-state index in [4.69, 9.17) is 0 Å². The standard InChI is InChI=1S/C23H33N3O3/c1-16(2)17(3)24-22(28)19-9-11-25(12-10-19)23(29)20-13-21(27)26(15-20)14-18-7-5-4-6-8-18/h4-8,16-17,19-20H,9-15H2,1-3H3,(H,24,28). The Kier molecular flexibility index (Phi) is 6.93. The molecule has 29 heavy (non-hydrogen) atoms. The number of carbonyl (C=O) groups excluding carboxylic acids is 3. The van der Waals surface area contributed by atoms with Crippen molar-refractivity contribution in [2.24, 2.45) is 17.8 Å². The molecule has 1 aromatic carbocycles. The predicted molar refractivity (Wildman–Crippen MR) is 112 cm³/mol. The molecule has 2 aliphatic rings. The van der Waals surface area contributed by atoms with E-state index in [1.807, 2.05) is 42.2 Å². The van der Waals surface area contributed by atoms with E-state index in [0.717, 1.165) is 5.56 Å². The SMILES string of the molecule is CC(C)C(C)NC(=O)C1CCN(C(=O)C2CC(=O)N(Cc3ccccc3)C2)CC1. The minimum atomic E-state index is -0.266. The molecule has 3 rings (SSSR count). The molecule has 0 saturated carbocycles. The van der Waals surface area contributed by atoms with Crippen molar-refractivity contribution < 1.29 is 14.4 Å². The highest BCUT2D eigenvalue weighted by atomic mass is 16.2. The molecule has 1 N–H and O–H groups in total. The van der Waals surface area contributed by atoms with Crippen LogP contribution in [0.3, 0.4) is 0 Å². The number of amides is 3. The molecule has 0 bridgehead atoms. The first-order valence-electron chi connectivity index (χ1n) is 10.8. The van der Waals surface area contributed by atoms with Crippen LogP contribution in [0.5, 0.6) is 0 Å². The number of benzene rings is 1. The highest BCUT2D eigenvalue weighted by Gasteiger charge is 2.38. The van der Waals surface area contributed by atoms with Crippen LogP contribution in [0, 0.1) is 17.8 Å². The predicted octanol–water partition coefficient (Wildman–Crippen LogP) is 2.43. The molecule has 3 amide bonds. The van der Waals surface area contributed by atoms with Gasteiger partial charge in [0.2, 0.25) is 17.7 Å². The van der Waals surface area contributed by atoms with Crippen LogP contribution in [0.25, 0.3) is 0 Å². The Morgan fingerprint density at radius 3 is 2.34 bits per heavy atom. The van der Waals surface area contributed by atoms with E-state index in [1.54, 1.807) is 4.90 Å². The molecule has 6 heteroatoms. The maximum Gasteiger partial charge on any atom is 0.227 e. The number of nitrogens with zero attached hydrogens (tertiary/aromatic N) is 2. The summed E-state index contributed by atoms with van der Waals surface area (Å²) in [7, 11) is 0. The average molecular weight is 400 g/mol. The number of hydrogen-bond donors (Lipinski definition) is 1. The summed E-state index contributed by atoms with van der Waals surface area (Å²) in [5.74, 6) is 0.313. The number of nitrogens with one attached hydrogen (secondary N) is 1. The van der Waals surface area contributed by atoms with E-state index in [2.05, 4.69) is 19.2 Å². The largest absolute Gasteiger partial charge is 0.353 e. The Morgan fingerprint density at radius 2 is 1.72 bits per heavy atom. The Morgan fingerprint density at radius 1 is 1.07 bits per heavy atom. The van der Waals surface area contributed by atoms with Crippen LogP contribution in [-0.4, -0.2) is 53.2 Å². The van der Waals surface area contributed by atoms with Crippen LogP contribution in [0.15, 0.2) is 30.3 Å². The smallest absolute Gasteiger partial charge is 0.227 e. The van der Waals surface area contributed by atoms with Crippen LogP contribution >= 0.6 is 0 Å². The Hall–Kier alpha value is -2.37. The molecule has 0 radical (unpaired) electrons. The van der Waals surface area contributed by atoms with Crippen molar-refractivity contribution >= 4 is 17.7 Å². The van der Waals surface area contributed by atoms with E-state index in [9.17, 15) is 14.4 Å². The van der Waals surface area contributed by atoms with Gasteiger partial charge in [-0.3, -0.25) is 14.4 Å². The topological polar surface area (TPSA) is 69.7 Å². The van der Waals surface area contributed by atoms with E-state index in [1.165, 1.54) is 0 Å². The fraction of sp³-hybridized carbons (Fsp3) is 0.609. The molecule has 2 atom stereocenters. The van der Waals surface area contributed by atoms with Crippen LogP contribution in [-0.2, 0) is 20.9 Å². The van der Waals surface area contributed by atoms with Crippen LogP contribution in [0.2, 0.25) is 0 Å². The summed E-state index contributed by atoms with van der Waals surface area (Å²) in [6.45, 7) is 8.44.